The maximum Gasteiger partial charge on any atom is 0.331 e. The number of hydrogen-bond donors (Lipinski definition) is 1. The number of carboxylic acids is 1. The third-order valence-corrected chi connectivity index (χ3v) is 3.17. The molecule has 0 aliphatic carbocycles. The Hall–Kier alpha value is -1.13. The van der Waals surface area contributed by atoms with Crippen LogP contribution in [-0.4, -0.2) is 29.6 Å². The Morgan fingerprint density at radius 3 is 2.88 bits per heavy atom. The van der Waals surface area contributed by atoms with Crippen molar-refractivity contribution < 1.29 is 9.90 Å². The van der Waals surface area contributed by atoms with Gasteiger partial charge in [0.05, 0.1) is 0 Å². The first-order valence-electron chi connectivity index (χ1n) is 5.26. The van der Waals surface area contributed by atoms with Crippen molar-refractivity contribution in [1.82, 2.24) is 4.90 Å². The third kappa shape index (κ3) is 4.16. The van der Waals surface area contributed by atoms with Crippen LogP contribution in [0.15, 0.2) is 29.2 Å². The van der Waals surface area contributed by atoms with Gasteiger partial charge in [-0.3, -0.25) is 4.90 Å². The molecule has 1 aromatic heterocycles. The molecule has 0 saturated heterocycles. The SMILES string of the molecule is CCC(=CCN(C)Cc1cccs1)C(=O)O. The number of nitrogens with zero attached hydrogens (tertiary/aromatic N) is 1. The Labute approximate surface area is 100 Å². The maximum atomic E-state index is 10.8. The summed E-state index contributed by atoms with van der Waals surface area (Å²) in [5.41, 5.74) is 0.484. The second kappa shape index (κ2) is 6.45. The van der Waals surface area contributed by atoms with Gasteiger partial charge in [0.2, 0.25) is 0 Å². The zero-order valence-electron chi connectivity index (χ0n) is 9.64. The number of rotatable bonds is 6. The molecule has 0 bridgehead atoms. The van der Waals surface area contributed by atoms with Gasteiger partial charge in [-0.25, -0.2) is 4.79 Å². The summed E-state index contributed by atoms with van der Waals surface area (Å²) in [4.78, 5) is 14.2. The molecule has 1 heterocycles. The maximum absolute atomic E-state index is 10.8. The summed E-state index contributed by atoms with van der Waals surface area (Å²) >= 11 is 1.72. The van der Waals surface area contributed by atoms with Gasteiger partial charge in [0.15, 0.2) is 0 Å². The highest BCUT2D eigenvalue weighted by Crippen LogP contribution is 2.11. The second-order valence-electron chi connectivity index (χ2n) is 3.66. The average Bonchev–Trinajstić information content (AvgIpc) is 2.70. The Balaban J connectivity index is 2.45. The van der Waals surface area contributed by atoms with Crippen molar-refractivity contribution in [2.45, 2.75) is 19.9 Å². The van der Waals surface area contributed by atoms with Crippen LogP contribution in [0.5, 0.6) is 0 Å². The molecule has 0 amide bonds. The van der Waals surface area contributed by atoms with Crippen LogP contribution in [0.1, 0.15) is 18.2 Å². The van der Waals surface area contributed by atoms with E-state index in [1.54, 1.807) is 17.4 Å². The summed E-state index contributed by atoms with van der Waals surface area (Å²) in [6.45, 7) is 3.40. The zero-order valence-corrected chi connectivity index (χ0v) is 10.5. The molecule has 4 heteroatoms. The number of aliphatic carboxylic acids is 1. The van der Waals surface area contributed by atoms with E-state index < -0.39 is 5.97 Å². The Kier molecular flexibility index (Phi) is 5.22. The van der Waals surface area contributed by atoms with Crippen LogP contribution in [0.25, 0.3) is 0 Å². The summed E-state index contributed by atoms with van der Waals surface area (Å²) in [5.74, 6) is -0.813. The molecular formula is C12H17NO2S. The minimum Gasteiger partial charge on any atom is -0.478 e. The zero-order chi connectivity index (χ0) is 12.0. The van der Waals surface area contributed by atoms with Crippen LogP contribution < -0.4 is 0 Å². The quantitative estimate of drug-likeness (QED) is 0.776. The molecule has 3 nitrogen and oxygen atoms in total. The lowest BCUT2D eigenvalue weighted by atomic mass is 10.2. The van der Waals surface area contributed by atoms with E-state index in [-0.39, 0.29) is 0 Å². The number of thiophene rings is 1. The average molecular weight is 239 g/mol. The molecule has 0 saturated carbocycles. The van der Waals surface area contributed by atoms with E-state index >= 15 is 0 Å². The predicted molar refractivity (Wildman–Crippen MR) is 66.7 cm³/mol. The molecule has 0 atom stereocenters. The molecule has 0 spiro atoms. The fourth-order valence-corrected chi connectivity index (χ4v) is 2.17. The normalized spacial score (nSPS) is 12.1. The Bertz CT molecular complexity index is 357. The van der Waals surface area contributed by atoms with E-state index in [9.17, 15) is 4.79 Å². The highest BCUT2D eigenvalue weighted by Gasteiger charge is 2.05. The van der Waals surface area contributed by atoms with Gasteiger partial charge in [0.1, 0.15) is 0 Å². The van der Waals surface area contributed by atoms with E-state index in [2.05, 4.69) is 11.0 Å². The van der Waals surface area contributed by atoms with Crippen LogP contribution in [0, 0.1) is 0 Å². The van der Waals surface area contributed by atoms with Gasteiger partial charge in [-0.1, -0.05) is 19.1 Å². The number of hydrogen-bond acceptors (Lipinski definition) is 3. The first kappa shape index (κ1) is 12.9. The third-order valence-electron chi connectivity index (χ3n) is 2.31. The second-order valence-corrected chi connectivity index (χ2v) is 4.70. The van der Waals surface area contributed by atoms with Crippen molar-refractivity contribution in [2.24, 2.45) is 0 Å². The molecule has 1 aromatic rings. The van der Waals surface area contributed by atoms with Gasteiger partial charge in [-0.05, 0) is 24.9 Å². The molecule has 1 N–H and O–H groups in total. The van der Waals surface area contributed by atoms with Gasteiger partial charge >= 0.3 is 5.97 Å². The number of carboxylic acid groups (broad SMARTS) is 1. The topological polar surface area (TPSA) is 40.5 Å². The smallest absolute Gasteiger partial charge is 0.331 e. The lowest BCUT2D eigenvalue weighted by molar-refractivity contribution is -0.132. The van der Waals surface area contributed by atoms with Crippen molar-refractivity contribution in [1.29, 1.82) is 0 Å². The van der Waals surface area contributed by atoms with Crippen molar-refractivity contribution in [2.75, 3.05) is 13.6 Å². The van der Waals surface area contributed by atoms with Crippen molar-refractivity contribution >= 4 is 17.3 Å². The minimum atomic E-state index is -0.813. The summed E-state index contributed by atoms with van der Waals surface area (Å²) in [7, 11) is 1.99. The first-order chi connectivity index (χ1) is 7.63. The van der Waals surface area contributed by atoms with Crippen LogP contribution in [0.4, 0.5) is 0 Å². The lowest BCUT2D eigenvalue weighted by Crippen LogP contribution is -2.18. The van der Waals surface area contributed by atoms with Crippen LogP contribution >= 0.6 is 11.3 Å². The summed E-state index contributed by atoms with van der Waals surface area (Å²) in [6.07, 6.45) is 2.36. The van der Waals surface area contributed by atoms with Gasteiger partial charge in [-0.15, -0.1) is 11.3 Å². The molecule has 16 heavy (non-hydrogen) atoms. The van der Waals surface area contributed by atoms with E-state index in [0.29, 0.717) is 18.5 Å². The molecule has 88 valence electrons. The van der Waals surface area contributed by atoms with Crippen molar-refractivity contribution in [3.8, 4) is 0 Å². The number of likely N-dealkylation sites (N-methyl/N-ethyl adjacent to an activating group) is 1. The van der Waals surface area contributed by atoms with Gasteiger partial charge in [0, 0.05) is 23.5 Å². The van der Waals surface area contributed by atoms with Crippen molar-refractivity contribution in [3.05, 3.63) is 34.0 Å². The summed E-state index contributed by atoms with van der Waals surface area (Å²) in [5, 5.41) is 10.9. The minimum absolute atomic E-state index is 0.484. The lowest BCUT2D eigenvalue weighted by Gasteiger charge is -2.13. The highest BCUT2D eigenvalue weighted by atomic mass is 32.1. The summed E-state index contributed by atoms with van der Waals surface area (Å²) < 4.78 is 0. The largest absolute Gasteiger partial charge is 0.478 e. The van der Waals surface area contributed by atoms with Gasteiger partial charge in [-0.2, -0.15) is 0 Å². The molecule has 0 aromatic carbocycles. The monoisotopic (exact) mass is 239 g/mol. The Morgan fingerprint density at radius 2 is 2.38 bits per heavy atom. The van der Waals surface area contributed by atoms with E-state index in [0.717, 1.165) is 6.54 Å². The molecule has 0 unspecified atom stereocenters. The van der Waals surface area contributed by atoms with E-state index in [1.807, 2.05) is 25.4 Å². The number of carbonyl (C=O) groups is 1. The Morgan fingerprint density at radius 1 is 1.62 bits per heavy atom. The first-order valence-corrected chi connectivity index (χ1v) is 6.14. The van der Waals surface area contributed by atoms with Gasteiger partial charge < -0.3 is 5.11 Å². The van der Waals surface area contributed by atoms with E-state index in [1.165, 1.54) is 4.88 Å². The molecule has 0 radical (unpaired) electrons. The van der Waals surface area contributed by atoms with Gasteiger partial charge in [0.25, 0.3) is 0 Å². The van der Waals surface area contributed by atoms with E-state index in [4.69, 9.17) is 5.11 Å². The van der Waals surface area contributed by atoms with Crippen LogP contribution in [0.3, 0.4) is 0 Å². The molecule has 1 rings (SSSR count). The fraction of sp³-hybridized carbons (Fsp3) is 0.417. The fourth-order valence-electron chi connectivity index (χ4n) is 1.38. The van der Waals surface area contributed by atoms with Crippen LogP contribution in [0.2, 0.25) is 0 Å². The summed E-state index contributed by atoms with van der Waals surface area (Å²) in [6, 6.07) is 4.11. The molecule has 0 aliphatic rings. The molecular weight excluding hydrogens is 222 g/mol. The predicted octanol–water partition coefficient (Wildman–Crippen LogP) is 2.60. The molecule has 0 aliphatic heterocycles. The van der Waals surface area contributed by atoms with Crippen LogP contribution in [-0.2, 0) is 11.3 Å². The standard InChI is InChI=1S/C12H17NO2S/c1-3-10(12(14)15)6-7-13(2)9-11-5-4-8-16-11/h4-6,8H,3,7,9H2,1-2H3,(H,14,15). The highest BCUT2D eigenvalue weighted by molar-refractivity contribution is 7.09. The van der Waals surface area contributed by atoms with Crippen molar-refractivity contribution in [3.63, 3.8) is 0 Å². The molecule has 0 fully saturated rings.